The summed E-state index contributed by atoms with van der Waals surface area (Å²) in [7, 11) is 0. The van der Waals surface area contributed by atoms with Gasteiger partial charge in [-0.05, 0) is 96.9 Å². The Morgan fingerprint density at radius 3 is 2.76 bits per heavy atom. The molecule has 2 saturated carbocycles. The van der Waals surface area contributed by atoms with Crippen molar-refractivity contribution >= 4 is 0 Å². The second-order valence-corrected chi connectivity index (χ2v) is 11.9. The molecule has 0 amide bonds. The molecular formula is C32H40O2. The van der Waals surface area contributed by atoms with E-state index in [2.05, 4.69) is 74.5 Å². The fraction of sp³-hybridized carbons (Fsp3) is 0.562. The summed E-state index contributed by atoms with van der Waals surface area (Å²) in [5.74, 6) is 4.15. The molecule has 2 heteroatoms. The third-order valence-corrected chi connectivity index (χ3v) is 10.4. The average molecular weight is 457 g/mol. The number of aliphatic hydroxyl groups is 1. The number of hydrogen-bond donors (Lipinski definition) is 1. The van der Waals surface area contributed by atoms with Gasteiger partial charge in [-0.15, -0.1) is 0 Å². The quantitative estimate of drug-likeness (QED) is 0.473. The van der Waals surface area contributed by atoms with Gasteiger partial charge >= 0.3 is 0 Å². The van der Waals surface area contributed by atoms with E-state index < -0.39 is 5.60 Å². The van der Waals surface area contributed by atoms with Crippen LogP contribution in [0.25, 0.3) is 0 Å². The van der Waals surface area contributed by atoms with E-state index in [-0.39, 0.29) is 5.41 Å². The van der Waals surface area contributed by atoms with Gasteiger partial charge in [0.1, 0.15) is 12.4 Å². The van der Waals surface area contributed by atoms with Crippen molar-refractivity contribution in [3.63, 3.8) is 0 Å². The Bertz CT molecular complexity index is 1060. The molecule has 2 aromatic rings. The number of hydrogen-bond acceptors (Lipinski definition) is 2. The lowest BCUT2D eigenvalue weighted by Gasteiger charge is -2.56. The van der Waals surface area contributed by atoms with Crippen molar-refractivity contribution in [2.75, 3.05) is 0 Å². The van der Waals surface area contributed by atoms with Gasteiger partial charge in [0.15, 0.2) is 0 Å². The fourth-order valence-corrected chi connectivity index (χ4v) is 8.73. The van der Waals surface area contributed by atoms with Gasteiger partial charge in [-0.3, -0.25) is 0 Å². The molecular weight excluding hydrogens is 416 g/mol. The van der Waals surface area contributed by atoms with Crippen molar-refractivity contribution < 1.29 is 9.84 Å². The molecule has 2 nitrogen and oxygen atoms in total. The summed E-state index contributed by atoms with van der Waals surface area (Å²) >= 11 is 0. The van der Waals surface area contributed by atoms with Crippen molar-refractivity contribution in [3.05, 3.63) is 77.4 Å². The maximum Gasteiger partial charge on any atom is 0.120 e. The first kappa shape index (κ1) is 22.4. The molecule has 6 rings (SSSR count). The van der Waals surface area contributed by atoms with E-state index in [0.717, 1.165) is 25.0 Å². The molecule has 0 spiro atoms. The standard InChI is InChI=1S/C32H40O2/c1-3-9-23-18-24-19-26(34-21-22-10-5-4-6-11-22)13-14-27(24)28-15-17-31(2)29(30(23)28)20-25-12-7-8-16-32(25,31)33/h4-8,10-11,13-14,19,23,25,28-30,33H,3,9,12,15-18,20-21H2,1-2H3/t23-,25-,28?,29?,30?,31+,32+/m1/s1. The summed E-state index contributed by atoms with van der Waals surface area (Å²) in [6.07, 6.45) is 13.8. The highest BCUT2D eigenvalue weighted by Crippen LogP contribution is 2.69. The molecule has 3 unspecified atom stereocenters. The van der Waals surface area contributed by atoms with E-state index in [9.17, 15) is 5.11 Å². The molecule has 2 fully saturated rings. The first-order chi connectivity index (χ1) is 16.5. The Hall–Kier alpha value is -2.06. The number of benzene rings is 2. The fourth-order valence-electron chi connectivity index (χ4n) is 8.73. The van der Waals surface area contributed by atoms with Gasteiger partial charge in [0, 0.05) is 5.41 Å². The molecule has 0 heterocycles. The molecule has 34 heavy (non-hydrogen) atoms. The highest BCUT2D eigenvalue weighted by Gasteiger charge is 2.66. The monoisotopic (exact) mass is 456 g/mol. The lowest BCUT2D eigenvalue weighted by molar-refractivity contribution is -0.126. The summed E-state index contributed by atoms with van der Waals surface area (Å²) in [4.78, 5) is 0. The lowest BCUT2D eigenvalue weighted by atomic mass is 9.50. The molecule has 180 valence electrons. The van der Waals surface area contributed by atoms with E-state index in [1.54, 1.807) is 5.56 Å². The lowest BCUT2D eigenvalue weighted by Crippen LogP contribution is -2.54. The Kier molecular flexibility index (Phi) is 5.64. The van der Waals surface area contributed by atoms with E-state index in [1.165, 1.54) is 43.2 Å². The van der Waals surface area contributed by atoms with Crippen LogP contribution < -0.4 is 4.74 Å². The largest absolute Gasteiger partial charge is 0.489 e. The van der Waals surface area contributed by atoms with E-state index in [1.807, 2.05) is 0 Å². The zero-order valence-corrected chi connectivity index (χ0v) is 20.9. The SMILES string of the molecule is CCC[C@@H]1Cc2cc(OCc3ccccc3)ccc2C2CC[C@@]3(C)C(C[C@H]4CC=CC[C@]43O)C21. The third kappa shape index (κ3) is 3.40. The van der Waals surface area contributed by atoms with E-state index >= 15 is 0 Å². The molecule has 0 bridgehead atoms. The van der Waals surface area contributed by atoms with Crippen LogP contribution in [-0.2, 0) is 13.0 Å². The minimum Gasteiger partial charge on any atom is -0.489 e. The second kappa shape index (κ2) is 8.55. The summed E-state index contributed by atoms with van der Waals surface area (Å²) in [5.41, 5.74) is 3.87. The number of allylic oxidation sites excluding steroid dienone is 1. The van der Waals surface area contributed by atoms with Crippen LogP contribution >= 0.6 is 0 Å². The van der Waals surface area contributed by atoms with Crippen LogP contribution in [0.3, 0.4) is 0 Å². The third-order valence-electron chi connectivity index (χ3n) is 10.4. The topological polar surface area (TPSA) is 29.5 Å². The molecule has 4 aliphatic carbocycles. The van der Waals surface area contributed by atoms with Crippen molar-refractivity contribution in [2.45, 2.75) is 83.3 Å². The second-order valence-electron chi connectivity index (χ2n) is 11.9. The molecule has 4 aliphatic rings. The van der Waals surface area contributed by atoms with Crippen molar-refractivity contribution in [2.24, 2.45) is 29.1 Å². The maximum absolute atomic E-state index is 12.0. The van der Waals surface area contributed by atoms with Gasteiger partial charge in [0.05, 0.1) is 5.60 Å². The minimum absolute atomic E-state index is 0.0613. The maximum atomic E-state index is 12.0. The van der Waals surface area contributed by atoms with Gasteiger partial charge in [-0.25, -0.2) is 0 Å². The van der Waals surface area contributed by atoms with Crippen LogP contribution in [0.1, 0.15) is 81.4 Å². The van der Waals surface area contributed by atoms with Gasteiger partial charge in [-0.2, -0.15) is 0 Å². The van der Waals surface area contributed by atoms with Gasteiger partial charge in [-0.1, -0.05) is 75.2 Å². The summed E-state index contributed by atoms with van der Waals surface area (Å²) < 4.78 is 6.21. The Balaban J connectivity index is 1.30. The number of fused-ring (bicyclic) bond motifs is 7. The van der Waals surface area contributed by atoms with Crippen LogP contribution in [0, 0.1) is 29.1 Å². The molecule has 0 aliphatic heterocycles. The van der Waals surface area contributed by atoms with Crippen LogP contribution in [0.4, 0.5) is 0 Å². The summed E-state index contributed by atoms with van der Waals surface area (Å²) in [6.45, 7) is 5.42. The van der Waals surface area contributed by atoms with Gasteiger partial charge in [0.25, 0.3) is 0 Å². The molecule has 2 aromatic carbocycles. The number of ether oxygens (including phenoxy) is 1. The Morgan fingerprint density at radius 2 is 1.94 bits per heavy atom. The van der Waals surface area contributed by atoms with Gasteiger partial charge in [0.2, 0.25) is 0 Å². The van der Waals surface area contributed by atoms with Crippen LogP contribution in [0.5, 0.6) is 5.75 Å². The molecule has 0 saturated heterocycles. The highest BCUT2D eigenvalue weighted by molar-refractivity contribution is 5.42. The van der Waals surface area contributed by atoms with Gasteiger partial charge < -0.3 is 9.84 Å². The first-order valence-corrected chi connectivity index (χ1v) is 13.7. The molecule has 0 aromatic heterocycles. The zero-order chi connectivity index (χ0) is 23.3. The van der Waals surface area contributed by atoms with E-state index in [4.69, 9.17) is 4.74 Å². The molecule has 0 radical (unpaired) electrons. The summed E-state index contributed by atoms with van der Waals surface area (Å²) in [5, 5.41) is 12.0. The normalized spacial score (nSPS) is 37.9. The highest BCUT2D eigenvalue weighted by atomic mass is 16.5. The van der Waals surface area contributed by atoms with Crippen molar-refractivity contribution in [1.29, 1.82) is 0 Å². The van der Waals surface area contributed by atoms with Crippen molar-refractivity contribution in [1.82, 2.24) is 0 Å². The Labute approximate surface area is 205 Å². The molecule has 7 atom stereocenters. The smallest absolute Gasteiger partial charge is 0.120 e. The molecule has 1 N–H and O–H groups in total. The average Bonchev–Trinajstić information content (AvgIpc) is 3.10. The van der Waals surface area contributed by atoms with E-state index in [0.29, 0.717) is 36.2 Å². The van der Waals surface area contributed by atoms with Crippen LogP contribution in [0.2, 0.25) is 0 Å². The Morgan fingerprint density at radius 1 is 1.09 bits per heavy atom. The van der Waals surface area contributed by atoms with Crippen LogP contribution in [0.15, 0.2) is 60.7 Å². The minimum atomic E-state index is -0.496. The number of rotatable bonds is 5. The predicted molar refractivity (Wildman–Crippen MR) is 138 cm³/mol. The zero-order valence-electron chi connectivity index (χ0n) is 20.9. The summed E-state index contributed by atoms with van der Waals surface area (Å²) in [6, 6.07) is 17.4. The van der Waals surface area contributed by atoms with Crippen molar-refractivity contribution in [3.8, 4) is 5.75 Å². The first-order valence-electron chi connectivity index (χ1n) is 13.7. The predicted octanol–water partition coefficient (Wildman–Crippen LogP) is 7.46. The van der Waals surface area contributed by atoms with Crippen LogP contribution in [-0.4, -0.2) is 10.7 Å².